The molecule has 0 heterocycles. The normalized spacial score (nSPS) is 12.1. The molecule has 0 amide bonds. The van der Waals surface area contributed by atoms with Crippen LogP contribution in [0.4, 0.5) is 0 Å². The monoisotopic (exact) mass is 310 g/mol. The minimum Gasteiger partial charge on any atom is -0.463 e. The van der Waals surface area contributed by atoms with Crippen molar-refractivity contribution in [2.45, 2.75) is 97.3 Å². The molecule has 0 aliphatic heterocycles. The average Bonchev–Trinajstić information content (AvgIpc) is 2.53. The molecule has 2 nitrogen and oxygen atoms in total. The second-order valence-electron chi connectivity index (χ2n) is 6.43. The maximum absolute atomic E-state index is 11.1. The van der Waals surface area contributed by atoms with Crippen LogP contribution >= 0.6 is 0 Å². The Hall–Kier alpha value is -0.790. The predicted molar refractivity (Wildman–Crippen MR) is 96.0 cm³/mol. The lowest BCUT2D eigenvalue weighted by molar-refractivity contribution is -0.138. The van der Waals surface area contributed by atoms with Crippen molar-refractivity contribution in [2.75, 3.05) is 6.61 Å². The van der Waals surface area contributed by atoms with Gasteiger partial charge in [-0.1, -0.05) is 97.5 Å². The van der Waals surface area contributed by atoms with E-state index in [9.17, 15) is 4.79 Å². The number of esters is 1. The van der Waals surface area contributed by atoms with Crippen molar-refractivity contribution in [3.63, 3.8) is 0 Å². The molecular formula is C20H38O2. The van der Waals surface area contributed by atoms with E-state index in [1.165, 1.54) is 83.1 Å². The molecule has 0 spiro atoms. The van der Waals surface area contributed by atoms with Gasteiger partial charge in [-0.15, -0.1) is 0 Å². The zero-order valence-corrected chi connectivity index (χ0v) is 15.1. The van der Waals surface area contributed by atoms with Crippen LogP contribution in [0.5, 0.6) is 0 Å². The lowest BCUT2D eigenvalue weighted by Crippen LogP contribution is -2.09. The van der Waals surface area contributed by atoms with E-state index in [2.05, 4.69) is 20.4 Å². The fourth-order valence-electron chi connectivity index (χ4n) is 2.89. The van der Waals surface area contributed by atoms with Gasteiger partial charge >= 0.3 is 5.97 Å². The van der Waals surface area contributed by atoms with Gasteiger partial charge in [0, 0.05) is 6.08 Å². The van der Waals surface area contributed by atoms with Crippen molar-refractivity contribution in [2.24, 2.45) is 5.92 Å². The predicted octanol–water partition coefficient (Wildman–Crippen LogP) is 6.44. The van der Waals surface area contributed by atoms with E-state index in [0.29, 0.717) is 6.61 Å². The minimum absolute atomic E-state index is 0.289. The smallest absolute Gasteiger partial charge is 0.330 e. The molecule has 130 valence electrons. The first-order valence-corrected chi connectivity index (χ1v) is 9.53. The molecule has 2 heteroatoms. The number of carbonyl (C=O) groups is 1. The van der Waals surface area contributed by atoms with Crippen LogP contribution in [0.15, 0.2) is 12.7 Å². The second-order valence-corrected chi connectivity index (χ2v) is 6.43. The topological polar surface area (TPSA) is 26.3 Å². The van der Waals surface area contributed by atoms with Crippen LogP contribution in [0, 0.1) is 5.92 Å². The summed E-state index contributed by atoms with van der Waals surface area (Å²) in [5, 5.41) is 0. The van der Waals surface area contributed by atoms with Gasteiger partial charge in [0.25, 0.3) is 0 Å². The molecule has 0 aromatic carbocycles. The van der Waals surface area contributed by atoms with Gasteiger partial charge < -0.3 is 4.74 Å². The van der Waals surface area contributed by atoms with Crippen molar-refractivity contribution in [3.8, 4) is 0 Å². The molecule has 0 rings (SSSR count). The molecule has 0 aromatic heterocycles. The Kier molecular flexibility index (Phi) is 16.0. The first kappa shape index (κ1) is 21.2. The number of rotatable bonds is 16. The van der Waals surface area contributed by atoms with Gasteiger partial charge in [0.15, 0.2) is 0 Å². The van der Waals surface area contributed by atoms with Crippen molar-refractivity contribution >= 4 is 5.97 Å². The van der Waals surface area contributed by atoms with Crippen LogP contribution in [0.2, 0.25) is 0 Å². The van der Waals surface area contributed by atoms with E-state index < -0.39 is 0 Å². The molecule has 1 unspecified atom stereocenters. The first-order valence-electron chi connectivity index (χ1n) is 9.53. The Morgan fingerprint density at radius 1 is 0.864 bits per heavy atom. The zero-order chi connectivity index (χ0) is 16.5. The molecule has 1 atom stereocenters. The first-order chi connectivity index (χ1) is 10.7. The van der Waals surface area contributed by atoms with Crippen LogP contribution in [-0.4, -0.2) is 12.6 Å². The highest BCUT2D eigenvalue weighted by Gasteiger charge is 2.09. The van der Waals surface area contributed by atoms with Crippen LogP contribution in [-0.2, 0) is 9.53 Å². The lowest BCUT2D eigenvalue weighted by Gasteiger charge is -2.16. The number of unbranched alkanes of at least 4 members (excludes halogenated alkanes) is 8. The summed E-state index contributed by atoms with van der Waals surface area (Å²) in [4.78, 5) is 11.1. The fraction of sp³-hybridized carbons (Fsp3) is 0.850. The third-order valence-corrected chi connectivity index (χ3v) is 4.37. The van der Waals surface area contributed by atoms with Crippen LogP contribution in [0.25, 0.3) is 0 Å². The van der Waals surface area contributed by atoms with E-state index >= 15 is 0 Å². The fourth-order valence-corrected chi connectivity index (χ4v) is 2.89. The largest absolute Gasteiger partial charge is 0.463 e. The number of hydrogen-bond acceptors (Lipinski definition) is 2. The summed E-state index contributed by atoms with van der Waals surface area (Å²) in [5.41, 5.74) is 0. The number of carbonyl (C=O) groups excluding carboxylic acids is 1. The molecule has 0 saturated carbocycles. The highest BCUT2D eigenvalue weighted by atomic mass is 16.5. The van der Waals surface area contributed by atoms with Gasteiger partial charge in [-0.05, 0) is 12.3 Å². The van der Waals surface area contributed by atoms with Crippen molar-refractivity contribution < 1.29 is 9.53 Å². The Balaban J connectivity index is 3.76. The summed E-state index contributed by atoms with van der Waals surface area (Å²) in [5.74, 6) is 0.433. The van der Waals surface area contributed by atoms with Gasteiger partial charge in [-0.25, -0.2) is 4.79 Å². The Morgan fingerprint density at radius 2 is 1.36 bits per heavy atom. The molecule has 0 saturated heterocycles. The summed E-state index contributed by atoms with van der Waals surface area (Å²) >= 11 is 0. The third-order valence-electron chi connectivity index (χ3n) is 4.37. The summed E-state index contributed by atoms with van der Waals surface area (Å²) in [6.45, 7) is 8.50. The standard InChI is InChI=1S/C20H38O2/c1-4-7-9-10-11-12-14-16-19(15-13-8-5-2)17-18-22-20(21)6-3/h6,19H,3-5,7-18H2,1-2H3. The van der Waals surface area contributed by atoms with Crippen molar-refractivity contribution in [1.82, 2.24) is 0 Å². The van der Waals surface area contributed by atoms with Gasteiger partial charge in [-0.3, -0.25) is 0 Å². The maximum Gasteiger partial charge on any atom is 0.330 e. The minimum atomic E-state index is -0.289. The van der Waals surface area contributed by atoms with Gasteiger partial charge in [0.05, 0.1) is 6.61 Å². The highest BCUT2D eigenvalue weighted by Crippen LogP contribution is 2.21. The number of hydrogen-bond donors (Lipinski definition) is 0. The molecule has 0 fully saturated rings. The third kappa shape index (κ3) is 14.2. The van der Waals surface area contributed by atoms with Gasteiger partial charge in [0.1, 0.15) is 0 Å². The molecule has 0 aromatic rings. The summed E-state index contributed by atoms with van der Waals surface area (Å²) in [6, 6.07) is 0. The average molecular weight is 311 g/mol. The molecule has 0 aliphatic carbocycles. The van der Waals surface area contributed by atoms with Gasteiger partial charge in [-0.2, -0.15) is 0 Å². The number of ether oxygens (including phenoxy) is 1. The van der Waals surface area contributed by atoms with Gasteiger partial charge in [0.2, 0.25) is 0 Å². The van der Waals surface area contributed by atoms with Crippen LogP contribution in [0.3, 0.4) is 0 Å². The van der Waals surface area contributed by atoms with E-state index in [0.717, 1.165) is 12.3 Å². The molecule has 0 radical (unpaired) electrons. The summed E-state index contributed by atoms with van der Waals surface area (Å²) in [7, 11) is 0. The quantitative estimate of drug-likeness (QED) is 0.186. The summed E-state index contributed by atoms with van der Waals surface area (Å²) in [6.07, 6.45) is 18.3. The Morgan fingerprint density at radius 3 is 1.95 bits per heavy atom. The zero-order valence-electron chi connectivity index (χ0n) is 15.1. The maximum atomic E-state index is 11.1. The van der Waals surface area contributed by atoms with Crippen molar-refractivity contribution in [3.05, 3.63) is 12.7 Å². The van der Waals surface area contributed by atoms with E-state index in [-0.39, 0.29) is 5.97 Å². The molecule has 22 heavy (non-hydrogen) atoms. The second kappa shape index (κ2) is 16.6. The molecule has 0 bridgehead atoms. The van der Waals surface area contributed by atoms with Crippen molar-refractivity contribution in [1.29, 1.82) is 0 Å². The SMILES string of the molecule is C=CC(=O)OCCC(CCCCC)CCCCCCCCC. The van der Waals surface area contributed by atoms with Crippen LogP contribution in [0.1, 0.15) is 97.3 Å². The van der Waals surface area contributed by atoms with Crippen LogP contribution < -0.4 is 0 Å². The highest BCUT2D eigenvalue weighted by molar-refractivity contribution is 5.81. The molecule has 0 N–H and O–H groups in total. The summed E-state index contributed by atoms with van der Waals surface area (Å²) < 4.78 is 5.14. The van der Waals surface area contributed by atoms with E-state index in [4.69, 9.17) is 4.74 Å². The molecular weight excluding hydrogens is 272 g/mol. The lowest BCUT2D eigenvalue weighted by atomic mass is 9.92. The van der Waals surface area contributed by atoms with E-state index in [1.807, 2.05) is 0 Å². The Labute approximate surface area is 138 Å². The van der Waals surface area contributed by atoms with E-state index in [1.54, 1.807) is 0 Å². The Bertz CT molecular complexity index is 260. The molecule has 0 aliphatic rings.